The van der Waals surface area contributed by atoms with Crippen molar-refractivity contribution in [2.24, 2.45) is 4.99 Å². The summed E-state index contributed by atoms with van der Waals surface area (Å²) < 4.78 is 5.48. The van der Waals surface area contributed by atoms with Crippen LogP contribution in [0.2, 0.25) is 0 Å². The number of amidine groups is 1. The maximum atomic E-state index is 14.1. The molecule has 7 heteroatoms. The van der Waals surface area contributed by atoms with Gasteiger partial charge in [-0.15, -0.1) is 0 Å². The Bertz CT molecular complexity index is 1390. The number of amides is 1. The molecule has 0 bridgehead atoms. The van der Waals surface area contributed by atoms with Crippen LogP contribution < -0.4 is 9.64 Å². The van der Waals surface area contributed by atoms with Crippen LogP contribution in [-0.4, -0.2) is 35.7 Å². The number of rotatable bonds is 4. The number of thioether (sulfide) groups is 2. The highest BCUT2D eigenvalue weighted by Gasteiger charge is 2.43. The number of benzene rings is 3. The van der Waals surface area contributed by atoms with Crippen molar-refractivity contribution in [3.8, 4) is 5.75 Å². The largest absolute Gasteiger partial charge is 0.497 e. The third kappa shape index (κ3) is 4.08. The molecule has 2 aliphatic heterocycles. The molecule has 184 valence electrons. The number of fused-ring (bicyclic) bond motifs is 2. The maximum absolute atomic E-state index is 14.1. The third-order valence-electron chi connectivity index (χ3n) is 7.15. The summed E-state index contributed by atoms with van der Waals surface area (Å²) in [4.78, 5) is 25.4. The van der Waals surface area contributed by atoms with Gasteiger partial charge in [0.2, 0.25) is 0 Å². The summed E-state index contributed by atoms with van der Waals surface area (Å²) in [5.74, 6) is 0.915. The number of anilines is 1. The summed E-state index contributed by atoms with van der Waals surface area (Å²) in [5.41, 5.74) is 2.01. The van der Waals surface area contributed by atoms with Gasteiger partial charge in [0.15, 0.2) is 5.17 Å². The fourth-order valence-corrected chi connectivity index (χ4v) is 7.76. The van der Waals surface area contributed by atoms with Gasteiger partial charge in [0, 0.05) is 28.9 Å². The Morgan fingerprint density at radius 2 is 1.81 bits per heavy atom. The second kappa shape index (κ2) is 9.87. The lowest BCUT2D eigenvalue weighted by atomic mass is 9.94. The molecule has 3 aromatic carbocycles. The van der Waals surface area contributed by atoms with E-state index in [2.05, 4.69) is 48.2 Å². The molecule has 1 aliphatic carbocycles. The molecule has 0 spiro atoms. The Kier molecular flexibility index (Phi) is 6.44. The van der Waals surface area contributed by atoms with Gasteiger partial charge in [-0.05, 0) is 55.1 Å². The van der Waals surface area contributed by atoms with Crippen molar-refractivity contribution in [1.29, 1.82) is 0 Å². The molecule has 1 saturated carbocycles. The van der Waals surface area contributed by atoms with Crippen LogP contribution in [0.3, 0.4) is 0 Å². The first-order valence-corrected chi connectivity index (χ1v) is 14.3. The lowest BCUT2D eigenvalue weighted by Crippen LogP contribution is -2.40. The molecular weight excluding hydrogens is 486 g/mol. The van der Waals surface area contributed by atoms with Gasteiger partial charge < -0.3 is 9.64 Å². The Labute approximate surface area is 220 Å². The van der Waals surface area contributed by atoms with E-state index in [9.17, 15) is 4.79 Å². The molecule has 0 unspecified atom stereocenters. The third-order valence-corrected chi connectivity index (χ3v) is 9.51. The number of hydrogen-bond donors (Lipinski definition) is 0. The minimum Gasteiger partial charge on any atom is -0.497 e. The fourth-order valence-electron chi connectivity index (χ4n) is 5.34. The van der Waals surface area contributed by atoms with Crippen molar-refractivity contribution >= 4 is 56.7 Å². The standard InChI is InChI=1S/C29H29N3O2S2/c1-3-31-24-18-21(34-2)16-17-25(24)35-28(31)26-27(33)32(20-12-5-4-6-13-20)29(36-26)30-23-15-9-11-19-10-7-8-14-22(19)23/h7-11,14-18,20H,3-6,12-13H2,1-2H3. The minimum absolute atomic E-state index is 0.0895. The molecule has 0 aromatic heterocycles. The number of hydrogen-bond acceptors (Lipinski definition) is 6. The van der Waals surface area contributed by atoms with Gasteiger partial charge in [0.05, 0.1) is 18.5 Å². The average molecular weight is 516 g/mol. The van der Waals surface area contributed by atoms with Crippen LogP contribution >= 0.6 is 23.5 Å². The second-order valence-corrected chi connectivity index (χ2v) is 11.3. The highest BCUT2D eigenvalue weighted by atomic mass is 32.2. The quantitative estimate of drug-likeness (QED) is 0.336. The van der Waals surface area contributed by atoms with Crippen molar-refractivity contribution in [3.05, 3.63) is 70.6 Å². The van der Waals surface area contributed by atoms with Crippen molar-refractivity contribution in [3.63, 3.8) is 0 Å². The normalized spacial score (nSPS) is 21.6. The molecule has 6 rings (SSSR count). The molecule has 2 fully saturated rings. The Balaban J connectivity index is 1.45. The van der Waals surface area contributed by atoms with Crippen LogP contribution in [0.15, 0.2) is 80.5 Å². The van der Waals surface area contributed by atoms with Crippen LogP contribution in [0.25, 0.3) is 10.8 Å². The predicted octanol–water partition coefficient (Wildman–Crippen LogP) is 7.55. The molecule has 3 aliphatic rings. The number of carbonyl (C=O) groups excluding carboxylic acids is 1. The lowest BCUT2D eigenvalue weighted by molar-refractivity contribution is -0.124. The molecule has 5 nitrogen and oxygen atoms in total. The van der Waals surface area contributed by atoms with Crippen LogP contribution in [0, 0.1) is 0 Å². The molecule has 0 N–H and O–H groups in total. The van der Waals surface area contributed by atoms with E-state index in [-0.39, 0.29) is 11.9 Å². The van der Waals surface area contributed by atoms with Gasteiger partial charge in [-0.2, -0.15) is 0 Å². The summed E-state index contributed by atoms with van der Waals surface area (Å²) in [6.45, 7) is 2.91. The van der Waals surface area contributed by atoms with Gasteiger partial charge in [-0.3, -0.25) is 9.69 Å². The van der Waals surface area contributed by atoms with E-state index in [0.717, 1.165) is 80.1 Å². The van der Waals surface area contributed by atoms with Crippen molar-refractivity contribution < 1.29 is 9.53 Å². The van der Waals surface area contributed by atoms with Crippen molar-refractivity contribution in [1.82, 2.24) is 4.90 Å². The molecule has 0 atom stereocenters. The van der Waals surface area contributed by atoms with Gasteiger partial charge in [0.1, 0.15) is 15.7 Å². The van der Waals surface area contributed by atoms with Crippen LogP contribution in [-0.2, 0) is 4.79 Å². The van der Waals surface area contributed by atoms with E-state index in [4.69, 9.17) is 9.73 Å². The molecule has 1 amide bonds. The van der Waals surface area contributed by atoms with E-state index in [1.165, 1.54) is 18.2 Å². The summed E-state index contributed by atoms with van der Waals surface area (Å²) in [5, 5.41) is 4.06. The van der Waals surface area contributed by atoms with Crippen molar-refractivity contribution in [2.45, 2.75) is 50.0 Å². The molecule has 2 heterocycles. The smallest absolute Gasteiger partial charge is 0.269 e. The molecule has 0 radical (unpaired) electrons. The first-order chi connectivity index (χ1) is 17.7. The minimum atomic E-state index is 0.0895. The number of nitrogens with zero attached hydrogens (tertiary/aromatic N) is 3. The first-order valence-electron chi connectivity index (χ1n) is 12.6. The van der Waals surface area contributed by atoms with Gasteiger partial charge >= 0.3 is 0 Å². The summed E-state index contributed by atoms with van der Waals surface area (Å²) in [7, 11) is 1.69. The van der Waals surface area contributed by atoms with Crippen LogP contribution in [0.5, 0.6) is 5.75 Å². The molecule has 1 saturated heterocycles. The number of aliphatic imine (C=N–C) groups is 1. The fraction of sp³-hybridized carbons (Fsp3) is 0.310. The molecule has 3 aromatic rings. The van der Waals surface area contributed by atoms with Crippen LogP contribution in [0.4, 0.5) is 11.4 Å². The molecule has 36 heavy (non-hydrogen) atoms. The highest BCUT2D eigenvalue weighted by Crippen LogP contribution is 2.52. The van der Waals surface area contributed by atoms with E-state index in [1.807, 2.05) is 29.2 Å². The van der Waals surface area contributed by atoms with E-state index < -0.39 is 0 Å². The van der Waals surface area contributed by atoms with E-state index in [1.54, 1.807) is 18.9 Å². The van der Waals surface area contributed by atoms with Crippen molar-refractivity contribution in [2.75, 3.05) is 18.6 Å². The zero-order valence-electron chi connectivity index (χ0n) is 20.6. The Hall–Kier alpha value is -2.90. The summed E-state index contributed by atoms with van der Waals surface area (Å²) >= 11 is 3.21. The van der Waals surface area contributed by atoms with Gasteiger partial charge in [0.25, 0.3) is 5.91 Å². The number of methoxy groups -OCH3 is 1. The van der Waals surface area contributed by atoms with Gasteiger partial charge in [-0.25, -0.2) is 4.99 Å². The number of ether oxygens (including phenoxy) is 1. The Morgan fingerprint density at radius 3 is 2.61 bits per heavy atom. The van der Waals surface area contributed by atoms with Crippen LogP contribution in [0.1, 0.15) is 39.0 Å². The summed E-state index contributed by atoms with van der Waals surface area (Å²) in [6.07, 6.45) is 5.63. The topological polar surface area (TPSA) is 45.1 Å². The number of carbonyl (C=O) groups is 1. The van der Waals surface area contributed by atoms with E-state index >= 15 is 0 Å². The SMILES string of the molecule is CCN1C(=C2SC(=Nc3cccc4ccccc34)N(C3CCCCC3)C2=O)Sc2ccc(OC)cc21. The second-order valence-electron chi connectivity index (χ2n) is 9.28. The Morgan fingerprint density at radius 1 is 1.00 bits per heavy atom. The summed E-state index contributed by atoms with van der Waals surface area (Å²) in [6, 6.07) is 20.9. The first kappa shape index (κ1) is 23.5. The molecular formula is C29H29N3O2S2. The maximum Gasteiger partial charge on any atom is 0.269 e. The van der Waals surface area contributed by atoms with Gasteiger partial charge in [-0.1, -0.05) is 67.4 Å². The predicted molar refractivity (Wildman–Crippen MR) is 151 cm³/mol. The highest BCUT2D eigenvalue weighted by molar-refractivity contribution is 8.19. The van der Waals surface area contributed by atoms with E-state index in [0.29, 0.717) is 0 Å². The lowest BCUT2D eigenvalue weighted by Gasteiger charge is -2.30. The monoisotopic (exact) mass is 515 g/mol. The zero-order chi connectivity index (χ0) is 24.6. The zero-order valence-corrected chi connectivity index (χ0v) is 22.2. The average Bonchev–Trinajstić information content (AvgIpc) is 3.45.